The van der Waals surface area contributed by atoms with Crippen LogP contribution in [0.5, 0.6) is 5.75 Å². The van der Waals surface area contributed by atoms with Crippen molar-refractivity contribution in [2.75, 3.05) is 25.5 Å². The zero-order chi connectivity index (χ0) is 40.7. The van der Waals surface area contributed by atoms with Crippen molar-refractivity contribution in [2.45, 2.75) is 46.0 Å². The molecule has 0 aliphatic rings. The number of hydrogen-bond acceptors (Lipinski definition) is 8. The fourth-order valence-corrected chi connectivity index (χ4v) is 4.77. The smallest absolute Gasteiger partial charge is 0.416 e. The molecule has 2 atom stereocenters. The number of nitrogens with zero attached hydrogens (tertiary/aromatic N) is 1. The Kier molecular flexibility index (Phi) is 13.9. The summed E-state index contributed by atoms with van der Waals surface area (Å²) in [6.45, 7) is 3.08. The molecule has 0 aliphatic heterocycles. The van der Waals surface area contributed by atoms with Gasteiger partial charge in [-0.2, -0.15) is 22.0 Å². The van der Waals surface area contributed by atoms with Crippen molar-refractivity contribution in [1.82, 2.24) is 21.1 Å². The van der Waals surface area contributed by atoms with Crippen LogP contribution < -0.4 is 26.5 Å². The zero-order valence-electron chi connectivity index (χ0n) is 28.8. The summed E-state index contributed by atoms with van der Waals surface area (Å²) in [6.07, 6.45) is -4.94. The van der Waals surface area contributed by atoms with Crippen LogP contribution in [0.1, 0.15) is 55.2 Å². The Hall–Kier alpha value is -5.59. The quantitative estimate of drug-likeness (QED) is 0.0654. The maximum Gasteiger partial charge on any atom is 0.416 e. The van der Waals surface area contributed by atoms with Crippen molar-refractivity contribution in [1.29, 1.82) is 0 Å². The van der Waals surface area contributed by atoms with E-state index in [4.69, 9.17) is 22.1 Å². The number of rotatable bonds is 12. The van der Waals surface area contributed by atoms with E-state index >= 15 is 0 Å². The van der Waals surface area contributed by atoms with Gasteiger partial charge in [0.1, 0.15) is 18.6 Å². The van der Waals surface area contributed by atoms with Gasteiger partial charge in [-0.15, -0.1) is 0 Å². The third-order valence-corrected chi connectivity index (χ3v) is 7.64. The molecule has 0 saturated carbocycles. The summed E-state index contributed by atoms with van der Waals surface area (Å²) in [5, 5.41) is 4.93. The molecule has 12 nitrogen and oxygen atoms in total. The van der Waals surface area contributed by atoms with Crippen LogP contribution in [-0.4, -0.2) is 60.4 Å². The lowest BCUT2D eigenvalue weighted by Crippen LogP contribution is -2.57. The first-order valence-corrected chi connectivity index (χ1v) is 16.0. The molecule has 0 unspecified atom stereocenters. The number of nitrogen functional groups attached to an aromatic ring is 1. The maximum absolute atomic E-state index is 14.2. The Morgan fingerprint density at radius 1 is 0.889 bits per heavy atom. The van der Waals surface area contributed by atoms with E-state index in [0.29, 0.717) is 12.1 Å². The molecule has 3 rings (SSSR count). The summed E-state index contributed by atoms with van der Waals surface area (Å²) in [7, 11) is 0. The van der Waals surface area contributed by atoms with Gasteiger partial charge < -0.3 is 25.8 Å². The van der Waals surface area contributed by atoms with E-state index < -0.39 is 107 Å². The molecular formula is C34H33ClF7N5O7. The van der Waals surface area contributed by atoms with E-state index in [-0.39, 0.29) is 34.0 Å². The van der Waals surface area contributed by atoms with Crippen molar-refractivity contribution >= 4 is 46.9 Å². The minimum atomic E-state index is -4.94. The first-order chi connectivity index (χ1) is 25.0. The number of amides is 4. The Bertz CT molecular complexity index is 1900. The van der Waals surface area contributed by atoms with Crippen LogP contribution in [0.25, 0.3) is 0 Å². The molecule has 54 heavy (non-hydrogen) atoms. The number of esters is 1. The Labute approximate surface area is 308 Å². The van der Waals surface area contributed by atoms with Gasteiger partial charge >= 0.3 is 12.1 Å². The highest BCUT2D eigenvalue weighted by Crippen LogP contribution is 2.32. The average Bonchev–Trinajstić information content (AvgIpc) is 3.08. The van der Waals surface area contributed by atoms with Crippen molar-refractivity contribution < 1.29 is 64.2 Å². The highest BCUT2D eigenvalue weighted by molar-refractivity contribution is 6.33. The molecule has 0 bridgehead atoms. The molecular weight excluding hydrogens is 759 g/mol. The molecule has 4 amide bonds. The second-order valence-electron chi connectivity index (χ2n) is 12.4. The summed E-state index contributed by atoms with van der Waals surface area (Å²) >= 11 is 6.02. The van der Waals surface area contributed by atoms with Crippen LogP contribution in [0.15, 0.2) is 48.5 Å². The number of nitrogens with two attached hydrogens (primary N) is 1. The van der Waals surface area contributed by atoms with Gasteiger partial charge in [0.05, 0.1) is 22.9 Å². The topological polar surface area (TPSA) is 169 Å². The molecule has 0 saturated heterocycles. The minimum absolute atomic E-state index is 0.0198. The van der Waals surface area contributed by atoms with E-state index in [1.54, 1.807) is 0 Å². The van der Waals surface area contributed by atoms with Crippen molar-refractivity contribution in [3.63, 3.8) is 0 Å². The average molecular weight is 792 g/mol. The Morgan fingerprint density at radius 2 is 1.52 bits per heavy atom. The fraction of sp³-hybridized carbons (Fsp3) is 0.324. The van der Waals surface area contributed by atoms with Crippen molar-refractivity contribution in [3.05, 3.63) is 93.5 Å². The zero-order valence-corrected chi connectivity index (χ0v) is 29.6. The Balaban J connectivity index is 2.01. The summed E-state index contributed by atoms with van der Waals surface area (Å²) in [5.41, 5.74) is 4.86. The van der Waals surface area contributed by atoms with Gasteiger partial charge in [0.2, 0.25) is 17.5 Å². The molecule has 0 radical (unpaired) electrons. The van der Waals surface area contributed by atoms with Gasteiger partial charge in [-0.3, -0.25) is 29.4 Å². The van der Waals surface area contributed by atoms with E-state index in [9.17, 15) is 54.7 Å². The molecule has 5 N–H and O–H groups in total. The first kappa shape index (κ1) is 42.8. The summed E-state index contributed by atoms with van der Waals surface area (Å²) in [5.74, 6) is -15.5. The Morgan fingerprint density at radius 3 is 2.07 bits per heavy atom. The van der Waals surface area contributed by atoms with Gasteiger partial charge in [-0.1, -0.05) is 44.5 Å². The van der Waals surface area contributed by atoms with E-state index in [2.05, 4.69) is 15.4 Å². The first-order valence-electron chi connectivity index (χ1n) is 15.6. The molecule has 0 fully saturated rings. The maximum atomic E-state index is 14.2. The lowest BCUT2D eigenvalue weighted by atomic mass is 9.85. The number of benzene rings is 3. The molecule has 20 heteroatoms. The van der Waals surface area contributed by atoms with Crippen LogP contribution in [0.4, 0.5) is 36.4 Å². The summed E-state index contributed by atoms with van der Waals surface area (Å²) in [6, 6.07) is 3.23. The third-order valence-electron chi connectivity index (χ3n) is 7.31. The van der Waals surface area contributed by atoms with E-state index in [1.807, 2.05) is 5.43 Å². The highest BCUT2D eigenvalue weighted by atomic mass is 35.5. The number of halogens is 8. The monoisotopic (exact) mass is 791 g/mol. The number of anilines is 1. The second-order valence-corrected chi connectivity index (χ2v) is 12.8. The molecule has 3 aromatic carbocycles. The number of nitrogens with one attached hydrogen (secondary N) is 3. The molecule has 0 aromatic heterocycles. The summed E-state index contributed by atoms with van der Waals surface area (Å²) in [4.78, 5) is 66.3. The van der Waals surface area contributed by atoms with Gasteiger partial charge in [-0.05, 0) is 48.2 Å². The van der Waals surface area contributed by atoms with Crippen molar-refractivity contribution in [2.24, 2.45) is 5.41 Å². The normalized spacial score (nSPS) is 12.6. The molecule has 0 aliphatic carbocycles. The van der Waals surface area contributed by atoms with Crippen LogP contribution >= 0.6 is 11.6 Å². The van der Waals surface area contributed by atoms with Crippen LogP contribution in [0, 0.1) is 28.7 Å². The number of hydrazine groups is 1. The van der Waals surface area contributed by atoms with Gasteiger partial charge in [0.15, 0.2) is 24.0 Å². The standard InChI is InChI=1S/C34H33ClF7N5O7/c1-5-53-24(49)14-47(23(48)15-54-28-25(38)20(36)13-21(37)26(28)39)46-31(51)27(16-7-6-8-18(11-16)34(40,41)42)44-32(52)29(33(2,3)4)45-30(50)17-9-10-22(43)19(35)12-17/h6-13,27,29H,5,14-15,43H2,1-4H3,(H,44,52)(H,45,50)(H,46,51)/t27-,29-/m1/s1. The van der Waals surface area contributed by atoms with Gasteiger partial charge in [0.25, 0.3) is 17.7 Å². The van der Waals surface area contributed by atoms with E-state index in [1.165, 1.54) is 45.9 Å². The molecule has 292 valence electrons. The molecule has 0 spiro atoms. The number of alkyl halides is 3. The number of carbonyl (C=O) groups excluding carboxylic acids is 5. The lowest BCUT2D eigenvalue weighted by molar-refractivity contribution is -0.154. The van der Waals surface area contributed by atoms with Gasteiger partial charge in [-0.25, -0.2) is 13.8 Å². The largest absolute Gasteiger partial charge is 0.477 e. The third kappa shape index (κ3) is 11.0. The number of hydrogen-bond donors (Lipinski definition) is 4. The highest BCUT2D eigenvalue weighted by Gasteiger charge is 2.38. The predicted octanol–water partition coefficient (Wildman–Crippen LogP) is 5.00. The number of carbonyl (C=O) groups is 5. The van der Waals surface area contributed by atoms with Crippen LogP contribution in [0.2, 0.25) is 5.02 Å². The van der Waals surface area contributed by atoms with Crippen LogP contribution in [-0.2, 0) is 30.1 Å². The predicted molar refractivity (Wildman–Crippen MR) is 177 cm³/mol. The number of ether oxygens (including phenoxy) is 2. The lowest BCUT2D eigenvalue weighted by Gasteiger charge is -2.32. The van der Waals surface area contributed by atoms with E-state index in [0.717, 1.165) is 12.1 Å². The molecule has 3 aromatic rings. The fourth-order valence-electron chi connectivity index (χ4n) is 4.59. The second kappa shape index (κ2) is 17.5. The SMILES string of the molecule is CCOC(=O)CN(NC(=O)[C@H](NC(=O)[C@@H](NC(=O)c1ccc(N)c(Cl)c1)C(C)(C)C)c1cccc(C(F)(F)F)c1)C(=O)COc1c(F)c(F)cc(F)c1F. The van der Waals surface area contributed by atoms with Crippen molar-refractivity contribution in [3.8, 4) is 5.75 Å². The molecule has 0 heterocycles. The van der Waals surface area contributed by atoms with Crippen LogP contribution in [0.3, 0.4) is 0 Å². The van der Waals surface area contributed by atoms with Gasteiger partial charge in [0, 0.05) is 11.6 Å². The summed E-state index contributed by atoms with van der Waals surface area (Å²) < 4.78 is 106. The minimum Gasteiger partial charge on any atom is -0.477 e.